The summed E-state index contributed by atoms with van der Waals surface area (Å²) in [7, 11) is -1.61. The van der Waals surface area contributed by atoms with E-state index in [0.29, 0.717) is 0 Å². The van der Waals surface area contributed by atoms with Gasteiger partial charge in [-0.25, -0.2) is 0 Å². The molecule has 79 valence electrons. The van der Waals surface area contributed by atoms with E-state index in [1.54, 1.807) is 0 Å². The van der Waals surface area contributed by atoms with Gasteiger partial charge in [0.1, 0.15) is 0 Å². The summed E-state index contributed by atoms with van der Waals surface area (Å²) in [5.74, 6) is 1.12. The Hall–Kier alpha value is -0.503. The highest BCUT2D eigenvalue weighted by atomic mass is 28.4. The molecule has 0 aromatic rings. The topological polar surface area (TPSA) is 9.23 Å². The minimum Gasteiger partial charge on any atom is -0.546 e. The summed E-state index contributed by atoms with van der Waals surface area (Å²) in [4.78, 5) is 0. The second-order valence-electron chi connectivity index (χ2n) is 5.32. The van der Waals surface area contributed by atoms with Gasteiger partial charge < -0.3 is 4.43 Å². The fourth-order valence-electron chi connectivity index (χ4n) is 1.05. The van der Waals surface area contributed by atoms with Crippen molar-refractivity contribution < 1.29 is 4.43 Å². The van der Waals surface area contributed by atoms with E-state index in [2.05, 4.69) is 52.4 Å². The van der Waals surface area contributed by atoms with Crippen LogP contribution in [0.15, 0.2) is 24.0 Å². The largest absolute Gasteiger partial charge is 0.546 e. The molecule has 0 bridgehead atoms. The van der Waals surface area contributed by atoms with Crippen LogP contribution in [0.4, 0.5) is 0 Å². The zero-order valence-corrected chi connectivity index (χ0v) is 10.9. The molecule has 14 heavy (non-hydrogen) atoms. The Morgan fingerprint density at radius 1 is 1.21 bits per heavy atom. The van der Waals surface area contributed by atoms with Crippen LogP contribution in [0, 0.1) is 6.42 Å². The first-order valence-corrected chi connectivity index (χ1v) is 8.12. The fourth-order valence-corrected chi connectivity index (χ4v) is 2.16. The molecule has 0 heterocycles. The quantitative estimate of drug-likeness (QED) is 0.623. The maximum Gasteiger partial charge on any atom is 0.250 e. The van der Waals surface area contributed by atoms with Crippen LogP contribution in [-0.4, -0.2) is 8.32 Å². The van der Waals surface area contributed by atoms with Gasteiger partial charge in [0.15, 0.2) is 0 Å². The first-order valence-electron chi connectivity index (χ1n) is 5.21. The zero-order valence-electron chi connectivity index (χ0n) is 9.92. The third kappa shape index (κ3) is 2.74. The van der Waals surface area contributed by atoms with Gasteiger partial charge in [0.05, 0.1) is 5.76 Å². The van der Waals surface area contributed by atoms with Crippen LogP contribution in [0.5, 0.6) is 0 Å². The highest BCUT2D eigenvalue weighted by molar-refractivity contribution is 6.74. The molecule has 2 heteroatoms. The van der Waals surface area contributed by atoms with Crippen LogP contribution in [0.25, 0.3) is 0 Å². The van der Waals surface area contributed by atoms with Gasteiger partial charge in [-0.1, -0.05) is 32.9 Å². The third-order valence-electron chi connectivity index (χ3n) is 3.04. The van der Waals surface area contributed by atoms with Crippen LogP contribution in [0.1, 0.15) is 27.2 Å². The maximum atomic E-state index is 6.16. The average molecular weight is 209 g/mol. The summed E-state index contributed by atoms with van der Waals surface area (Å²) >= 11 is 0. The standard InChI is InChI=1S/C12H21OSi/c1-12(2,3)14(4,5)13-11-9-7-6-8-10-11/h6-9H,10H2,1-5H3. The second-order valence-corrected chi connectivity index (χ2v) is 10.0. The molecule has 0 aliphatic heterocycles. The summed E-state index contributed by atoms with van der Waals surface area (Å²) in [5.41, 5.74) is 0. The van der Waals surface area contributed by atoms with E-state index in [1.807, 2.05) is 6.08 Å². The van der Waals surface area contributed by atoms with Gasteiger partial charge in [-0.2, -0.15) is 0 Å². The van der Waals surface area contributed by atoms with Gasteiger partial charge in [0.25, 0.3) is 0 Å². The Kier molecular flexibility index (Phi) is 3.25. The normalized spacial score (nSPS) is 17.9. The Labute approximate surface area is 89.0 Å². The molecular formula is C12H21OSi. The summed E-state index contributed by atoms with van der Waals surface area (Å²) in [6.45, 7) is 11.4. The smallest absolute Gasteiger partial charge is 0.250 e. The van der Waals surface area contributed by atoms with Gasteiger partial charge in [-0.15, -0.1) is 0 Å². The first kappa shape index (κ1) is 11.6. The Morgan fingerprint density at radius 2 is 1.86 bits per heavy atom. The minimum absolute atomic E-state index is 0.287. The van der Waals surface area contributed by atoms with Gasteiger partial charge in [0, 0.05) is 6.42 Å². The lowest BCUT2D eigenvalue weighted by molar-refractivity contribution is 0.373. The summed E-state index contributed by atoms with van der Waals surface area (Å²) in [6.07, 6.45) is 9.29. The molecule has 1 aliphatic rings. The molecule has 0 saturated heterocycles. The third-order valence-corrected chi connectivity index (χ3v) is 7.43. The van der Waals surface area contributed by atoms with Crippen molar-refractivity contribution in [1.29, 1.82) is 0 Å². The Morgan fingerprint density at radius 3 is 2.29 bits per heavy atom. The Bertz CT molecular complexity index is 256. The first-order chi connectivity index (χ1) is 6.33. The van der Waals surface area contributed by atoms with Gasteiger partial charge >= 0.3 is 0 Å². The van der Waals surface area contributed by atoms with Crippen molar-refractivity contribution in [2.75, 3.05) is 0 Å². The molecule has 0 saturated carbocycles. The molecule has 0 fully saturated rings. The molecule has 0 aromatic carbocycles. The van der Waals surface area contributed by atoms with Crippen LogP contribution < -0.4 is 0 Å². The monoisotopic (exact) mass is 209 g/mol. The molecule has 0 atom stereocenters. The van der Waals surface area contributed by atoms with Crippen LogP contribution >= 0.6 is 0 Å². The van der Waals surface area contributed by atoms with Crippen molar-refractivity contribution in [3.8, 4) is 0 Å². The molecule has 0 spiro atoms. The lowest BCUT2D eigenvalue weighted by Gasteiger charge is -2.37. The van der Waals surface area contributed by atoms with Crippen molar-refractivity contribution in [1.82, 2.24) is 0 Å². The van der Waals surface area contributed by atoms with E-state index >= 15 is 0 Å². The van der Waals surface area contributed by atoms with E-state index in [4.69, 9.17) is 4.43 Å². The minimum atomic E-state index is -1.61. The average Bonchev–Trinajstić information content (AvgIpc) is 2.03. The predicted octanol–water partition coefficient (Wildman–Crippen LogP) is 4.06. The number of rotatable bonds is 2. The van der Waals surface area contributed by atoms with Crippen molar-refractivity contribution in [2.24, 2.45) is 0 Å². The molecular weight excluding hydrogens is 188 g/mol. The SMILES string of the molecule is CC(C)(C)[Si](C)(C)OC1=CC=C[CH]C1. The number of hydrogen-bond acceptors (Lipinski definition) is 1. The fraction of sp³-hybridized carbons (Fsp3) is 0.583. The van der Waals surface area contributed by atoms with E-state index < -0.39 is 8.32 Å². The van der Waals surface area contributed by atoms with E-state index in [9.17, 15) is 0 Å². The van der Waals surface area contributed by atoms with Crippen molar-refractivity contribution in [3.05, 3.63) is 30.4 Å². The van der Waals surface area contributed by atoms with Gasteiger partial charge in [-0.3, -0.25) is 0 Å². The summed E-state index contributed by atoms with van der Waals surface area (Å²) < 4.78 is 6.16. The summed E-state index contributed by atoms with van der Waals surface area (Å²) in [5, 5.41) is 0.287. The molecule has 1 rings (SSSR count). The highest BCUT2D eigenvalue weighted by Crippen LogP contribution is 2.38. The molecule has 0 unspecified atom stereocenters. The van der Waals surface area contributed by atoms with Crippen LogP contribution in [0.2, 0.25) is 18.1 Å². The molecule has 1 aliphatic carbocycles. The van der Waals surface area contributed by atoms with E-state index in [0.717, 1.165) is 12.2 Å². The van der Waals surface area contributed by atoms with Gasteiger partial charge in [-0.05, 0) is 30.6 Å². The maximum absolute atomic E-state index is 6.16. The van der Waals surface area contributed by atoms with Crippen molar-refractivity contribution >= 4 is 8.32 Å². The summed E-state index contributed by atoms with van der Waals surface area (Å²) in [6, 6.07) is 0. The number of allylic oxidation sites excluding steroid dienone is 4. The molecule has 0 aromatic heterocycles. The van der Waals surface area contributed by atoms with Crippen LogP contribution in [0.3, 0.4) is 0 Å². The second kappa shape index (κ2) is 3.93. The highest BCUT2D eigenvalue weighted by Gasteiger charge is 2.39. The zero-order chi connectivity index (χ0) is 10.8. The van der Waals surface area contributed by atoms with E-state index in [-0.39, 0.29) is 5.04 Å². The molecule has 0 amide bonds. The predicted molar refractivity (Wildman–Crippen MR) is 64.4 cm³/mol. The van der Waals surface area contributed by atoms with Crippen molar-refractivity contribution in [3.63, 3.8) is 0 Å². The Balaban J connectivity index is 2.67. The molecule has 1 radical (unpaired) electrons. The van der Waals surface area contributed by atoms with Gasteiger partial charge in [0.2, 0.25) is 8.32 Å². The van der Waals surface area contributed by atoms with Crippen LogP contribution in [-0.2, 0) is 4.43 Å². The lowest BCUT2D eigenvalue weighted by Crippen LogP contribution is -2.40. The molecule has 1 nitrogen and oxygen atoms in total. The van der Waals surface area contributed by atoms with Crippen molar-refractivity contribution in [2.45, 2.75) is 45.3 Å². The number of hydrogen-bond donors (Lipinski definition) is 0. The van der Waals surface area contributed by atoms with E-state index in [1.165, 1.54) is 0 Å². The molecule has 0 N–H and O–H groups in total. The lowest BCUT2D eigenvalue weighted by atomic mass is 10.2.